The molecule has 2 aliphatic heterocycles. The summed E-state index contributed by atoms with van der Waals surface area (Å²) in [6.07, 6.45) is 13.3. The lowest BCUT2D eigenvalue weighted by atomic mass is 9.75. The van der Waals surface area contributed by atoms with Crippen LogP contribution in [0.1, 0.15) is 44.6 Å². The van der Waals surface area contributed by atoms with Gasteiger partial charge in [0.2, 0.25) is 11.8 Å². The lowest BCUT2D eigenvalue weighted by Gasteiger charge is -2.41. The number of fused-ring (bicyclic) bond motifs is 1. The lowest BCUT2D eigenvalue weighted by molar-refractivity contribution is -0.131. The Labute approximate surface area is 225 Å². The summed E-state index contributed by atoms with van der Waals surface area (Å²) in [5.74, 6) is 2.76. The number of amides is 2. The van der Waals surface area contributed by atoms with E-state index in [2.05, 4.69) is 45.7 Å². The second kappa shape index (κ2) is 13.2. The average molecular weight is 522 g/mol. The van der Waals surface area contributed by atoms with Gasteiger partial charge in [-0.1, -0.05) is 37.3 Å². The van der Waals surface area contributed by atoms with Crippen molar-refractivity contribution in [2.75, 3.05) is 44.6 Å². The van der Waals surface area contributed by atoms with Gasteiger partial charge in [0, 0.05) is 31.9 Å². The number of piperidine rings is 1. The SMILES string of the molecule is C#CCNC(=O)C(C#N)C1SC(CNc2cccc(CCN3CCC4CCCC[C@@H]4C3)c2)C(=O)N1CC. The molecule has 0 spiro atoms. The van der Waals surface area contributed by atoms with Crippen LogP contribution < -0.4 is 10.6 Å². The second-order valence-corrected chi connectivity index (χ2v) is 11.7. The summed E-state index contributed by atoms with van der Waals surface area (Å²) in [7, 11) is 0. The number of benzene rings is 1. The molecule has 1 aromatic carbocycles. The van der Waals surface area contributed by atoms with Crippen molar-refractivity contribution in [3.8, 4) is 18.4 Å². The maximum Gasteiger partial charge on any atom is 0.241 e. The first-order valence-corrected chi connectivity index (χ1v) is 14.6. The van der Waals surface area contributed by atoms with Gasteiger partial charge < -0.3 is 20.4 Å². The molecule has 198 valence electrons. The standard InChI is InChI=1S/C29H39N5O2S/c1-3-14-31-27(35)25(18-30)29-34(4-2)28(36)26(37-29)19-32-24-11-7-8-21(17-24)12-15-33-16-13-22-9-5-6-10-23(22)20-33/h1,7-8,11,17,22-23,25-26,29,32H,4-6,9-10,12-16,19-20H2,2H3,(H,31,35)/t22?,23-,25?,26?,29?/m1/s1. The zero-order chi connectivity index (χ0) is 26.2. The van der Waals surface area contributed by atoms with Gasteiger partial charge in [0.15, 0.2) is 5.92 Å². The zero-order valence-corrected chi connectivity index (χ0v) is 22.6. The Morgan fingerprint density at radius 3 is 2.84 bits per heavy atom. The number of rotatable bonds is 10. The van der Waals surface area contributed by atoms with Gasteiger partial charge in [0.25, 0.3) is 0 Å². The van der Waals surface area contributed by atoms with Gasteiger partial charge in [-0.2, -0.15) is 5.26 Å². The van der Waals surface area contributed by atoms with E-state index in [1.165, 1.54) is 62.5 Å². The molecular weight excluding hydrogens is 482 g/mol. The van der Waals surface area contributed by atoms with Gasteiger partial charge >= 0.3 is 0 Å². The van der Waals surface area contributed by atoms with E-state index in [1.807, 2.05) is 13.0 Å². The van der Waals surface area contributed by atoms with Crippen molar-refractivity contribution in [2.24, 2.45) is 17.8 Å². The molecule has 3 fully saturated rings. The molecule has 1 saturated carbocycles. The van der Waals surface area contributed by atoms with Crippen molar-refractivity contribution in [1.82, 2.24) is 15.1 Å². The van der Waals surface area contributed by atoms with Crippen molar-refractivity contribution >= 4 is 29.3 Å². The minimum atomic E-state index is -0.964. The van der Waals surface area contributed by atoms with Crippen molar-refractivity contribution in [3.05, 3.63) is 29.8 Å². The number of hydrogen-bond donors (Lipinski definition) is 2. The molecule has 1 aliphatic carbocycles. The smallest absolute Gasteiger partial charge is 0.241 e. The summed E-state index contributed by atoms with van der Waals surface area (Å²) in [5.41, 5.74) is 2.29. The molecule has 0 radical (unpaired) electrons. The van der Waals surface area contributed by atoms with E-state index in [4.69, 9.17) is 6.42 Å². The van der Waals surface area contributed by atoms with Crippen LogP contribution in [0.3, 0.4) is 0 Å². The van der Waals surface area contributed by atoms with Gasteiger partial charge in [0.1, 0.15) is 10.6 Å². The summed E-state index contributed by atoms with van der Waals surface area (Å²) in [4.78, 5) is 29.8. The predicted octanol–water partition coefficient (Wildman–Crippen LogP) is 3.33. The fourth-order valence-corrected chi connectivity index (χ4v) is 7.56. The summed E-state index contributed by atoms with van der Waals surface area (Å²) in [6.45, 7) is 6.39. The van der Waals surface area contributed by atoms with Crippen LogP contribution in [0.15, 0.2) is 24.3 Å². The Balaban J connectivity index is 1.29. The summed E-state index contributed by atoms with van der Waals surface area (Å²) < 4.78 is 0. The van der Waals surface area contributed by atoms with E-state index in [-0.39, 0.29) is 17.7 Å². The van der Waals surface area contributed by atoms with Crippen molar-refractivity contribution in [1.29, 1.82) is 5.26 Å². The van der Waals surface area contributed by atoms with E-state index in [9.17, 15) is 14.9 Å². The van der Waals surface area contributed by atoms with Crippen LogP contribution in [-0.4, -0.2) is 71.5 Å². The quantitative estimate of drug-likeness (QED) is 0.459. The molecule has 2 N–H and O–H groups in total. The molecule has 3 aliphatic rings. The maximum absolute atomic E-state index is 13.1. The Morgan fingerprint density at radius 1 is 1.27 bits per heavy atom. The molecule has 7 nitrogen and oxygen atoms in total. The molecule has 2 saturated heterocycles. The fraction of sp³-hybridized carbons (Fsp3) is 0.621. The predicted molar refractivity (Wildman–Crippen MR) is 149 cm³/mol. The van der Waals surface area contributed by atoms with E-state index < -0.39 is 17.2 Å². The molecule has 0 bridgehead atoms. The molecule has 2 heterocycles. The van der Waals surface area contributed by atoms with Crippen LogP contribution in [0.5, 0.6) is 0 Å². The lowest BCUT2D eigenvalue weighted by Crippen LogP contribution is -2.44. The fourth-order valence-electron chi connectivity index (χ4n) is 6.05. The molecule has 0 aromatic heterocycles. The minimum absolute atomic E-state index is 0.0442. The third-order valence-corrected chi connectivity index (χ3v) is 9.59. The minimum Gasteiger partial charge on any atom is -0.383 e. The number of likely N-dealkylation sites (tertiary alicyclic amines) is 1. The van der Waals surface area contributed by atoms with E-state index in [0.717, 1.165) is 30.5 Å². The Hall–Kier alpha value is -2.68. The van der Waals surface area contributed by atoms with Crippen LogP contribution in [0, 0.1) is 41.4 Å². The Bertz CT molecular complexity index is 1030. The van der Waals surface area contributed by atoms with Crippen LogP contribution in [0.2, 0.25) is 0 Å². The second-order valence-electron chi connectivity index (χ2n) is 10.4. The molecular formula is C29H39N5O2S. The largest absolute Gasteiger partial charge is 0.383 e. The van der Waals surface area contributed by atoms with Gasteiger partial charge in [0.05, 0.1) is 12.6 Å². The van der Waals surface area contributed by atoms with Crippen LogP contribution in [0.4, 0.5) is 5.69 Å². The number of carbonyl (C=O) groups excluding carboxylic acids is 2. The third-order valence-electron chi connectivity index (χ3n) is 8.09. The number of nitrogens with one attached hydrogen (secondary N) is 2. The zero-order valence-electron chi connectivity index (χ0n) is 21.8. The van der Waals surface area contributed by atoms with Crippen LogP contribution >= 0.6 is 11.8 Å². The number of anilines is 1. The maximum atomic E-state index is 13.1. The Kier molecular flexibility index (Phi) is 9.77. The van der Waals surface area contributed by atoms with Crippen LogP contribution in [0.25, 0.3) is 0 Å². The number of nitrogens with zero attached hydrogens (tertiary/aromatic N) is 3. The van der Waals surface area contributed by atoms with Crippen molar-refractivity contribution < 1.29 is 9.59 Å². The van der Waals surface area contributed by atoms with E-state index in [0.29, 0.717) is 13.1 Å². The first-order chi connectivity index (χ1) is 18.0. The Morgan fingerprint density at radius 2 is 2.08 bits per heavy atom. The topological polar surface area (TPSA) is 88.5 Å². The first kappa shape index (κ1) is 27.4. The first-order valence-electron chi connectivity index (χ1n) is 13.7. The van der Waals surface area contributed by atoms with Gasteiger partial charge in [-0.05, 0) is 62.3 Å². The molecule has 37 heavy (non-hydrogen) atoms. The molecule has 8 heteroatoms. The van der Waals surface area contributed by atoms with Gasteiger partial charge in [-0.25, -0.2) is 0 Å². The highest BCUT2D eigenvalue weighted by atomic mass is 32.2. The highest BCUT2D eigenvalue weighted by Gasteiger charge is 2.45. The van der Waals surface area contributed by atoms with Gasteiger partial charge in [-0.15, -0.1) is 18.2 Å². The third kappa shape index (κ3) is 6.80. The number of thioether (sulfide) groups is 1. The number of nitriles is 1. The number of terminal acetylenes is 1. The average Bonchev–Trinajstić information content (AvgIpc) is 3.24. The molecule has 1 aromatic rings. The number of carbonyl (C=O) groups is 2. The summed E-state index contributed by atoms with van der Waals surface area (Å²) in [5, 5.41) is 14.8. The number of hydrogen-bond acceptors (Lipinski definition) is 6. The normalized spacial score (nSPS) is 26.6. The van der Waals surface area contributed by atoms with Crippen molar-refractivity contribution in [3.63, 3.8) is 0 Å². The summed E-state index contributed by atoms with van der Waals surface area (Å²) >= 11 is 1.38. The van der Waals surface area contributed by atoms with Gasteiger partial charge in [-0.3, -0.25) is 9.59 Å². The highest BCUT2D eigenvalue weighted by Crippen LogP contribution is 2.37. The van der Waals surface area contributed by atoms with Crippen molar-refractivity contribution in [2.45, 2.75) is 56.1 Å². The molecule has 4 unspecified atom stereocenters. The summed E-state index contributed by atoms with van der Waals surface area (Å²) in [6, 6.07) is 10.5. The van der Waals surface area contributed by atoms with Crippen LogP contribution in [-0.2, 0) is 16.0 Å². The molecule has 4 rings (SSSR count). The molecule has 2 amide bonds. The van der Waals surface area contributed by atoms with E-state index >= 15 is 0 Å². The van der Waals surface area contributed by atoms with E-state index in [1.54, 1.807) is 4.90 Å². The highest BCUT2D eigenvalue weighted by molar-refractivity contribution is 8.01. The monoisotopic (exact) mass is 521 g/mol. The molecule has 5 atom stereocenters.